The monoisotopic (exact) mass is 465 g/mol. The van der Waals surface area contributed by atoms with Gasteiger partial charge in [-0.1, -0.05) is 29.3 Å². The van der Waals surface area contributed by atoms with Crippen molar-refractivity contribution in [2.75, 3.05) is 27.3 Å². The number of hydrogen-bond acceptors (Lipinski definition) is 5. The molecule has 2 aliphatic rings. The molecule has 2 N–H and O–H groups in total. The van der Waals surface area contributed by atoms with Gasteiger partial charge in [0.25, 0.3) is 5.91 Å². The number of rotatable bonds is 8. The Morgan fingerprint density at radius 2 is 1.79 bits per heavy atom. The molecule has 0 spiro atoms. The van der Waals surface area contributed by atoms with Crippen LogP contribution in [0.1, 0.15) is 46.3 Å². The zero-order valence-electron chi connectivity index (χ0n) is 20.5. The fourth-order valence-corrected chi connectivity index (χ4v) is 4.90. The maximum atomic E-state index is 13.8. The number of benzene rings is 2. The van der Waals surface area contributed by atoms with E-state index in [0.29, 0.717) is 36.6 Å². The van der Waals surface area contributed by atoms with Gasteiger partial charge in [0.2, 0.25) is 5.91 Å². The minimum absolute atomic E-state index is 0.0743. The molecule has 0 bridgehead atoms. The van der Waals surface area contributed by atoms with Crippen LogP contribution in [-0.2, 0) is 11.3 Å². The predicted molar refractivity (Wildman–Crippen MR) is 131 cm³/mol. The van der Waals surface area contributed by atoms with E-state index in [1.54, 1.807) is 14.2 Å². The molecule has 2 atom stereocenters. The minimum atomic E-state index is -0.319. The maximum Gasteiger partial charge on any atom is 0.251 e. The molecule has 1 saturated heterocycles. The summed E-state index contributed by atoms with van der Waals surface area (Å²) in [6.45, 7) is 5.75. The van der Waals surface area contributed by atoms with Crippen LogP contribution >= 0.6 is 0 Å². The lowest BCUT2D eigenvalue weighted by Gasteiger charge is -2.36. The van der Waals surface area contributed by atoms with Crippen LogP contribution < -0.4 is 20.1 Å². The number of carbonyl (C=O) groups is 2. The number of aryl methyl sites for hydroxylation is 2. The number of ether oxygens (including phenoxy) is 2. The average Bonchev–Trinajstić information content (AvgIpc) is 3.66. The van der Waals surface area contributed by atoms with Crippen LogP contribution in [0.4, 0.5) is 0 Å². The third-order valence-electron chi connectivity index (χ3n) is 6.70. The van der Waals surface area contributed by atoms with Crippen molar-refractivity contribution < 1.29 is 19.1 Å². The van der Waals surface area contributed by atoms with Gasteiger partial charge in [-0.05, 0) is 57.9 Å². The Labute approximate surface area is 201 Å². The van der Waals surface area contributed by atoms with Crippen LogP contribution in [-0.4, -0.2) is 56.1 Å². The Kier molecular flexibility index (Phi) is 7.41. The first kappa shape index (κ1) is 24.1. The molecule has 2 amide bonds. The summed E-state index contributed by atoms with van der Waals surface area (Å²) in [4.78, 5) is 28.9. The van der Waals surface area contributed by atoms with Gasteiger partial charge in [0, 0.05) is 36.3 Å². The van der Waals surface area contributed by atoms with E-state index in [1.807, 2.05) is 55.1 Å². The second-order valence-electron chi connectivity index (χ2n) is 9.41. The molecule has 0 aromatic heterocycles. The van der Waals surface area contributed by atoms with Gasteiger partial charge in [0.15, 0.2) is 11.5 Å². The van der Waals surface area contributed by atoms with Crippen molar-refractivity contribution >= 4 is 11.8 Å². The van der Waals surface area contributed by atoms with E-state index in [9.17, 15) is 9.59 Å². The molecule has 2 aromatic rings. The lowest BCUT2D eigenvalue weighted by molar-refractivity contribution is -0.138. The highest BCUT2D eigenvalue weighted by molar-refractivity contribution is 5.95. The summed E-state index contributed by atoms with van der Waals surface area (Å²) in [7, 11) is 3.23. The fraction of sp³-hybridized carbons (Fsp3) is 0.481. The highest BCUT2D eigenvalue weighted by Gasteiger charge is 2.40. The smallest absolute Gasteiger partial charge is 0.251 e. The molecule has 1 heterocycles. The van der Waals surface area contributed by atoms with Gasteiger partial charge in [-0.2, -0.15) is 0 Å². The lowest BCUT2D eigenvalue weighted by atomic mass is 9.91. The van der Waals surface area contributed by atoms with Crippen molar-refractivity contribution in [3.63, 3.8) is 0 Å². The number of para-hydroxylation sites is 1. The number of nitrogens with one attached hydrogen (secondary N) is 2. The molecule has 1 saturated carbocycles. The van der Waals surface area contributed by atoms with Gasteiger partial charge in [0.1, 0.15) is 0 Å². The van der Waals surface area contributed by atoms with Crippen LogP contribution in [0, 0.1) is 19.8 Å². The van der Waals surface area contributed by atoms with E-state index in [2.05, 4.69) is 10.6 Å². The maximum absolute atomic E-state index is 13.8. The highest BCUT2D eigenvalue weighted by atomic mass is 16.5. The number of carbonyl (C=O) groups excluding carboxylic acids is 2. The number of hydrogen-bond donors (Lipinski definition) is 2. The third-order valence-corrected chi connectivity index (χ3v) is 6.70. The van der Waals surface area contributed by atoms with Gasteiger partial charge in [-0.3, -0.25) is 9.59 Å². The first-order chi connectivity index (χ1) is 16.4. The van der Waals surface area contributed by atoms with Crippen molar-refractivity contribution in [1.29, 1.82) is 0 Å². The summed E-state index contributed by atoms with van der Waals surface area (Å²) in [5.74, 6) is 0.945. The topological polar surface area (TPSA) is 79.9 Å². The van der Waals surface area contributed by atoms with E-state index in [0.717, 1.165) is 36.1 Å². The molecule has 7 nitrogen and oxygen atoms in total. The summed E-state index contributed by atoms with van der Waals surface area (Å²) in [6.07, 6.45) is 2.71. The van der Waals surface area contributed by atoms with E-state index in [-0.39, 0.29) is 29.8 Å². The highest BCUT2D eigenvalue weighted by Crippen LogP contribution is 2.36. The molecule has 1 aliphatic heterocycles. The Balaban J connectivity index is 1.53. The number of amides is 2. The average molecular weight is 466 g/mol. The quantitative estimate of drug-likeness (QED) is 0.626. The normalized spacial score (nSPS) is 19.9. The molecule has 34 heavy (non-hydrogen) atoms. The van der Waals surface area contributed by atoms with Gasteiger partial charge in [-0.25, -0.2) is 0 Å². The molecule has 0 radical (unpaired) electrons. The zero-order chi connectivity index (χ0) is 24.2. The van der Waals surface area contributed by atoms with E-state index < -0.39 is 0 Å². The van der Waals surface area contributed by atoms with Crippen LogP contribution in [0.5, 0.6) is 11.5 Å². The van der Waals surface area contributed by atoms with Gasteiger partial charge >= 0.3 is 0 Å². The first-order valence-electron chi connectivity index (χ1n) is 12.0. The second-order valence-corrected chi connectivity index (χ2v) is 9.41. The Morgan fingerprint density at radius 1 is 1.06 bits per heavy atom. The van der Waals surface area contributed by atoms with Gasteiger partial charge in [0.05, 0.1) is 20.1 Å². The Morgan fingerprint density at radius 3 is 2.44 bits per heavy atom. The van der Waals surface area contributed by atoms with E-state index >= 15 is 0 Å². The van der Waals surface area contributed by atoms with Crippen LogP contribution in [0.3, 0.4) is 0 Å². The molecule has 2 unspecified atom stereocenters. The minimum Gasteiger partial charge on any atom is -0.493 e. The molecule has 7 heteroatoms. The Bertz CT molecular complexity index is 1030. The third kappa shape index (κ3) is 5.36. The first-order valence-corrected chi connectivity index (χ1v) is 12.0. The molecular weight excluding hydrogens is 430 g/mol. The summed E-state index contributed by atoms with van der Waals surface area (Å²) >= 11 is 0. The van der Waals surface area contributed by atoms with Gasteiger partial charge < -0.3 is 25.0 Å². The van der Waals surface area contributed by atoms with Crippen molar-refractivity contribution in [2.24, 2.45) is 5.92 Å². The summed E-state index contributed by atoms with van der Waals surface area (Å²) in [6, 6.07) is 11.6. The number of piperidine rings is 1. The van der Waals surface area contributed by atoms with E-state index in [4.69, 9.17) is 9.47 Å². The summed E-state index contributed by atoms with van der Waals surface area (Å²) in [5.41, 5.74) is 3.66. The zero-order valence-corrected chi connectivity index (χ0v) is 20.5. The predicted octanol–water partition coefficient (Wildman–Crippen LogP) is 3.22. The van der Waals surface area contributed by atoms with Crippen molar-refractivity contribution in [2.45, 2.75) is 51.7 Å². The fourth-order valence-electron chi connectivity index (χ4n) is 4.90. The largest absolute Gasteiger partial charge is 0.493 e. The lowest BCUT2D eigenvalue weighted by Crippen LogP contribution is -2.55. The number of methoxy groups -OCH3 is 2. The summed E-state index contributed by atoms with van der Waals surface area (Å²) < 4.78 is 11.0. The molecule has 2 fully saturated rings. The Hall–Kier alpha value is -3.06. The van der Waals surface area contributed by atoms with Gasteiger partial charge in [-0.15, -0.1) is 0 Å². The standard InChI is InChI=1S/C27H35N3O4/c1-17-12-18(2)14-20(13-17)26(31)29-23-10-11-28-15-22(23)27(32)30(21-8-9-21)16-19-6-5-7-24(33-3)25(19)34-4/h5-7,12-14,21-23,28H,8-11,15-16H2,1-4H3,(H,29,31). The van der Waals surface area contributed by atoms with Crippen molar-refractivity contribution in [3.05, 3.63) is 58.7 Å². The van der Waals surface area contributed by atoms with Crippen LogP contribution in [0.25, 0.3) is 0 Å². The summed E-state index contributed by atoms with van der Waals surface area (Å²) in [5, 5.41) is 6.52. The van der Waals surface area contributed by atoms with Crippen molar-refractivity contribution in [1.82, 2.24) is 15.5 Å². The molecule has 4 rings (SSSR count). The number of nitrogens with zero attached hydrogens (tertiary/aromatic N) is 1. The van der Waals surface area contributed by atoms with Crippen molar-refractivity contribution in [3.8, 4) is 11.5 Å². The van der Waals surface area contributed by atoms with E-state index in [1.165, 1.54) is 0 Å². The molecule has 2 aromatic carbocycles. The molecule has 1 aliphatic carbocycles. The van der Waals surface area contributed by atoms with Crippen LogP contribution in [0.15, 0.2) is 36.4 Å². The second kappa shape index (κ2) is 10.5. The van der Waals surface area contributed by atoms with Crippen LogP contribution in [0.2, 0.25) is 0 Å². The molecule has 182 valence electrons. The molecular formula is C27H35N3O4. The SMILES string of the molecule is COc1cccc(CN(C(=O)C2CNCCC2NC(=O)c2cc(C)cc(C)c2)C2CC2)c1OC.